The molecule has 0 radical (unpaired) electrons. The van der Waals surface area contributed by atoms with Crippen LogP contribution in [-0.2, 0) is 10.8 Å². The highest BCUT2D eigenvalue weighted by Gasteiger charge is 2.48. The fraction of sp³-hybridized carbons (Fsp3) is 0.0164. The average molecular weight is 1690 g/mol. The molecule has 127 heavy (non-hydrogen) atoms. The lowest BCUT2D eigenvalue weighted by molar-refractivity contribution is 0.768. The fourth-order valence-electron chi connectivity index (χ4n) is 20.0. The van der Waals surface area contributed by atoms with Crippen molar-refractivity contribution >= 4 is 88.0 Å². The second-order valence-electron chi connectivity index (χ2n) is 32.8. The predicted octanol–water partition coefficient (Wildman–Crippen LogP) is 32.6. The highest BCUT2D eigenvalue weighted by molar-refractivity contribution is 9.10. The van der Waals surface area contributed by atoms with Crippen LogP contribution in [0.1, 0.15) is 44.5 Å². The Morgan fingerprint density at radius 2 is 0.488 bits per heavy atom. The van der Waals surface area contributed by atoms with Crippen molar-refractivity contribution in [2.45, 2.75) is 10.8 Å². The number of hydrogen-bond acceptors (Lipinski definition) is 2. The average Bonchev–Trinajstić information content (AvgIpc) is 1.52. The van der Waals surface area contributed by atoms with Gasteiger partial charge < -0.3 is 19.4 Å². The molecule has 0 fully saturated rings. The summed E-state index contributed by atoms with van der Waals surface area (Å²) >= 11 is 3.69. The molecule has 2 aliphatic carbocycles. The number of rotatable bonds is 15. The number of fused-ring (bicyclic) bond motifs is 12. The van der Waals surface area contributed by atoms with Crippen molar-refractivity contribution in [3.8, 4) is 78.1 Å². The third-order valence-electron chi connectivity index (χ3n) is 25.7. The highest BCUT2D eigenvalue weighted by Crippen LogP contribution is 2.59. The van der Waals surface area contributed by atoms with Gasteiger partial charge in [0.05, 0.1) is 32.9 Å². The van der Waals surface area contributed by atoms with Gasteiger partial charge in [-0.25, -0.2) is 0 Å². The molecule has 2 aliphatic rings. The summed E-state index contributed by atoms with van der Waals surface area (Å²) in [5.41, 5.74) is 37.2. The second kappa shape index (κ2) is 33.4. The summed E-state index contributed by atoms with van der Waals surface area (Å²) in [6, 6.07) is 184. The molecule has 2 aromatic heterocycles. The van der Waals surface area contributed by atoms with E-state index in [4.69, 9.17) is 0 Å². The quantitative estimate of drug-likeness (QED) is 0.111. The van der Waals surface area contributed by atoms with Gasteiger partial charge in [-0.15, -0.1) is 0 Å². The smallest absolute Gasteiger partial charge is 0.0714 e. The molecule has 0 saturated carbocycles. The van der Waals surface area contributed by atoms with Gasteiger partial charge in [0.25, 0.3) is 0 Å². The Bertz CT molecular complexity index is 7650. The van der Waals surface area contributed by atoms with Crippen molar-refractivity contribution < 1.29 is 0 Å². The molecule has 5 heteroatoms. The molecule has 0 saturated heterocycles. The molecule has 0 amide bonds. The normalized spacial score (nSPS) is 12.4. The minimum Gasteiger partial charge on any atom is -0.356 e. The lowest BCUT2D eigenvalue weighted by atomic mass is 9.67. The van der Waals surface area contributed by atoms with E-state index in [0.29, 0.717) is 0 Å². The fourth-order valence-corrected chi connectivity index (χ4v) is 20.4. The van der Waals surface area contributed by atoms with Crippen molar-refractivity contribution in [3.05, 3.63) is 559 Å². The monoisotopic (exact) mass is 1680 g/mol. The first-order chi connectivity index (χ1) is 62.9. The second-order valence-corrected chi connectivity index (χ2v) is 33.7. The van der Waals surface area contributed by atoms with Gasteiger partial charge in [-0.3, -0.25) is 0 Å². The number of anilines is 5. The molecule has 20 aromatic carbocycles. The molecule has 0 atom stereocenters. The summed E-state index contributed by atoms with van der Waals surface area (Å²) in [4.78, 5) is 2.38. The Morgan fingerprint density at radius 1 is 0.197 bits per heavy atom. The number of para-hydroxylation sites is 6. The summed E-state index contributed by atoms with van der Waals surface area (Å²) < 4.78 is 5.85. The molecule has 1 N–H and O–H groups in total. The highest BCUT2D eigenvalue weighted by atomic mass is 79.9. The van der Waals surface area contributed by atoms with Crippen molar-refractivity contribution in [2.75, 3.05) is 10.2 Å². The lowest BCUT2D eigenvalue weighted by Gasteiger charge is -2.35. The van der Waals surface area contributed by atoms with Gasteiger partial charge >= 0.3 is 0 Å². The standard InChI is InChI=1S/C61H42N2.C36H26N2.C25H17Br/c1-4-17-47(18-5-1)61(57-28-13-10-25-53(57)54-26-11-14-29-58(54)61)48-19-16-24-52(42-48)62(49-20-6-2-7-21-49)51-38-35-44(36-39-51)43-31-33-45(34-32-43)46-37-40-56-55-27-12-15-30-59(55)63(60(56)41-46)50-22-8-3-9-23-50;1-3-9-30(10-4-1)37-31-22-19-27(20-23-31)26-15-17-28(18-16-26)29-21-24-34-33-13-7-8-14-35(33)38(36(34)25-29)32-11-5-2-6-12-32;26-20-12-8-11-19(17-20)25(18-9-2-1-3-10-18)23-15-6-4-13-21(23)22-14-5-7-16-24(22)25/h1-42H;1-25,37H;1-17H. The zero-order chi connectivity index (χ0) is 84.6. The molecule has 24 rings (SSSR count). The number of halogens is 1. The van der Waals surface area contributed by atoms with Crippen molar-refractivity contribution in [2.24, 2.45) is 0 Å². The maximum Gasteiger partial charge on any atom is 0.0714 e. The van der Waals surface area contributed by atoms with Gasteiger partial charge in [0.1, 0.15) is 0 Å². The molecule has 600 valence electrons. The molecule has 4 nitrogen and oxygen atoms in total. The van der Waals surface area contributed by atoms with Crippen molar-refractivity contribution in [1.29, 1.82) is 0 Å². The summed E-state index contributed by atoms with van der Waals surface area (Å²) in [6.07, 6.45) is 0. The van der Waals surface area contributed by atoms with Crippen molar-refractivity contribution in [3.63, 3.8) is 0 Å². The van der Waals surface area contributed by atoms with Crippen LogP contribution in [0.5, 0.6) is 0 Å². The zero-order valence-electron chi connectivity index (χ0n) is 69.7. The summed E-state index contributed by atoms with van der Waals surface area (Å²) in [5, 5.41) is 8.53. The van der Waals surface area contributed by atoms with Crippen LogP contribution in [0.15, 0.2) is 514 Å². The summed E-state index contributed by atoms with van der Waals surface area (Å²) in [7, 11) is 0. The third kappa shape index (κ3) is 13.9. The maximum absolute atomic E-state index is 3.69. The van der Waals surface area contributed by atoms with Crippen LogP contribution >= 0.6 is 15.9 Å². The Hall–Kier alpha value is -15.9. The first kappa shape index (κ1) is 77.2. The van der Waals surface area contributed by atoms with Gasteiger partial charge in [0.15, 0.2) is 0 Å². The first-order valence-corrected chi connectivity index (χ1v) is 44.3. The zero-order valence-corrected chi connectivity index (χ0v) is 71.3. The van der Waals surface area contributed by atoms with E-state index in [1.807, 2.05) is 18.2 Å². The number of nitrogens with zero attached hydrogens (tertiary/aromatic N) is 3. The first-order valence-electron chi connectivity index (χ1n) is 43.5. The minimum atomic E-state index is -0.477. The van der Waals surface area contributed by atoms with Crippen molar-refractivity contribution in [1.82, 2.24) is 9.13 Å². The molecule has 0 aliphatic heterocycles. The van der Waals surface area contributed by atoms with E-state index in [9.17, 15) is 0 Å². The van der Waals surface area contributed by atoms with Crippen LogP contribution < -0.4 is 10.2 Å². The summed E-state index contributed by atoms with van der Waals surface area (Å²) in [6.45, 7) is 0. The van der Waals surface area contributed by atoms with E-state index in [-0.39, 0.29) is 5.41 Å². The topological polar surface area (TPSA) is 25.1 Å². The largest absolute Gasteiger partial charge is 0.356 e. The van der Waals surface area contributed by atoms with E-state index >= 15 is 0 Å². The van der Waals surface area contributed by atoms with Crippen LogP contribution in [0.2, 0.25) is 0 Å². The molecular formula is C122H85BrN4. The van der Waals surface area contributed by atoms with Gasteiger partial charge in [-0.2, -0.15) is 0 Å². The molecule has 22 aromatic rings. The van der Waals surface area contributed by atoms with E-state index < -0.39 is 5.41 Å². The number of aromatic nitrogens is 2. The van der Waals surface area contributed by atoms with E-state index in [1.165, 1.54) is 166 Å². The molecule has 0 unspecified atom stereocenters. The Morgan fingerprint density at radius 3 is 0.913 bits per heavy atom. The van der Waals surface area contributed by atoms with E-state index in [0.717, 1.165) is 32.9 Å². The Kier molecular flexibility index (Phi) is 20.3. The third-order valence-corrected chi connectivity index (χ3v) is 26.2. The van der Waals surface area contributed by atoms with Crippen LogP contribution in [0.4, 0.5) is 28.4 Å². The number of hydrogen-bond donors (Lipinski definition) is 1. The predicted molar refractivity (Wildman–Crippen MR) is 536 cm³/mol. The van der Waals surface area contributed by atoms with E-state index in [1.54, 1.807) is 0 Å². The molecular weight excluding hydrogens is 1600 g/mol. The minimum absolute atomic E-state index is 0.293. The summed E-state index contributed by atoms with van der Waals surface area (Å²) in [5.74, 6) is 0. The molecule has 0 bridgehead atoms. The number of nitrogens with one attached hydrogen (secondary N) is 1. The molecule has 2 heterocycles. The Balaban J connectivity index is 0.000000125. The van der Waals surface area contributed by atoms with Crippen LogP contribution in [0, 0.1) is 0 Å². The van der Waals surface area contributed by atoms with Gasteiger partial charge in [0.2, 0.25) is 0 Å². The van der Waals surface area contributed by atoms with Crippen LogP contribution in [-0.4, -0.2) is 9.13 Å². The van der Waals surface area contributed by atoms with Crippen LogP contribution in [0.3, 0.4) is 0 Å². The van der Waals surface area contributed by atoms with Gasteiger partial charge in [-0.1, -0.05) is 404 Å². The van der Waals surface area contributed by atoms with Gasteiger partial charge in [0, 0.05) is 65.8 Å². The Labute approximate surface area is 749 Å². The van der Waals surface area contributed by atoms with Gasteiger partial charge in [-0.05, 0) is 233 Å². The lowest BCUT2D eigenvalue weighted by Crippen LogP contribution is -2.28. The molecule has 0 spiro atoms. The van der Waals surface area contributed by atoms with E-state index in [2.05, 4.69) is 527 Å². The SMILES string of the molecule is Brc1cccc(C2(c3ccccc3)c3ccccc3-c3ccccc32)c1.c1ccc(N(c2ccc(-c3ccc(-c4ccc5c6ccccc6n(-c6ccccc6)c5c4)cc3)cc2)c2cccc(C3(c4ccccc4)c4ccccc4-c4ccccc43)c2)cc1.c1ccc(Nc2ccc(-c3ccc(-c4ccc5c6ccccc6n(-c6ccccc6)c5c4)cc3)cc2)cc1. The number of benzene rings is 20. The van der Waals surface area contributed by atoms with Crippen LogP contribution in [0.25, 0.3) is 122 Å². The maximum atomic E-state index is 3.69.